The number of likely N-dealkylation sites (tertiary alicyclic amines) is 1. The number of alkyl halides is 3. The molecule has 5 heterocycles. The molecule has 49 heavy (non-hydrogen) atoms. The molecule has 3 saturated heterocycles. The number of carbonyl (C=O) groups is 1. The van der Waals surface area contributed by atoms with Crippen LogP contribution in [0.2, 0.25) is 5.02 Å². The standard InChI is InChI=1S/C35H37ClF4N6O3/c1-33(2,3)49-32(47)45-17-25(35(39,40)18-45)44(4)30-23-15-41-28(22-10-5-8-20-9-6-11-24(36)26(20)22)27(38)29(23)42-31(43-30)48-19-34-12-7-13-46(34)16-21(37)14-34/h5-6,8-11,15,21,25H,7,12-14,16-19H2,1-4H3/t21-,25?,34+/m1/s1. The van der Waals surface area contributed by atoms with E-state index < -0.39 is 47.7 Å². The van der Waals surface area contributed by atoms with Crippen LogP contribution in [0.5, 0.6) is 6.01 Å². The van der Waals surface area contributed by atoms with E-state index in [1.54, 1.807) is 45.0 Å². The molecule has 0 radical (unpaired) electrons. The molecule has 1 amide bonds. The zero-order chi connectivity index (χ0) is 34.9. The van der Waals surface area contributed by atoms with Gasteiger partial charge in [-0.05, 0) is 51.6 Å². The molecule has 0 saturated carbocycles. The van der Waals surface area contributed by atoms with Crippen molar-refractivity contribution in [2.24, 2.45) is 0 Å². The van der Waals surface area contributed by atoms with Gasteiger partial charge in [0, 0.05) is 42.2 Å². The molecule has 2 aromatic heterocycles. The number of rotatable bonds is 6. The lowest BCUT2D eigenvalue weighted by Crippen LogP contribution is -2.46. The van der Waals surface area contributed by atoms with Crippen LogP contribution in [0.1, 0.15) is 40.0 Å². The molecule has 0 spiro atoms. The van der Waals surface area contributed by atoms with Crippen molar-refractivity contribution in [2.45, 2.75) is 69.3 Å². The van der Waals surface area contributed by atoms with Crippen molar-refractivity contribution in [3.8, 4) is 17.3 Å². The summed E-state index contributed by atoms with van der Waals surface area (Å²) >= 11 is 6.56. The van der Waals surface area contributed by atoms with Gasteiger partial charge in [-0.3, -0.25) is 14.8 Å². The van der Waals surface area contributed by atoms with E-state index in [2.05, 4.69) is 19.9 Å². The number of likely N-dealkylation sites (N-methyl/N-ethyl adjacent to an activating group) is 1. The van der Waals surface area contributed by atoms with Crippen molar-refractivity contribution in [3.63, 3.8) is 0 Å². The molecule has 3 aliphatic rings. The van der Waals surface area contributed by atoms with Gasteiger partial charge in [-0.15, -0.1) is 0 Å². The second kappa shape index (κ2) is 12.1. The fourth-order valence-corrected chi connectivity index (χ4v) is 7.75. The molecular formula is C35H37ClF4N6O3. The summed E-state index contributed by atoms with van der Waals surface area (Å²) in [5.41, 5.74) is -1.24. The van der Waals surface area contributed by atoms with Crippen molar-refractivity contribution < 1.29 is 31.8 Å². The molecule has 3 aliphatic heterocycles. The van der Waals surface area contributed by atoms with E-state index in [-0.39, 0.29) is 48.0 Å². The van der Waals surface area contributed by atoms with E-state index in [0.717, 1.165) is 23.3 Å². The highest BCUT2D eigenvalue weighted by atomic mass is 35.5. The maximum absolute atomic E-state index is 16.8. The predicted octanol–water partition coefficient (Wildman–Crippen LogP) is 7.28. The minimum absolute atomic E-state index is 0.0385. The average Bonchev–Trinajstić information content (AvgIpc) is 3.67. The number of carbonyl (C=O) groups excluding carboxylic acids is 1. The van der Waals surface area contributed by atoms with E-state index in [0.29, 0.717) is 28.9 Å². The zero-order valence-electron chi connectivity index (χ0n) is 27.7. The van der Waals surface area contributed by atoms with Crippen molar-refractivity contribution in [2.75, 3.05) is 44.7 Å². The van der Waals surface area contributed by atoms with Crippen molar-refractivity contribution in [1.29, 1.82) is 0 Å². The number of nitrogens with zero attached hydrogens (tertiary/aromatic N) is 6. The number of ether oxygens (including phenoxy) is 2. The number of amides is 1. The predicted molar refractivity (Wildman–Crippen MR) is 179 cm³/mol. The van der Waals surface area contributed by atoms with E-state index in [4.69, 9.17) is 21.1 Å². The lowest BCUT2D eigenvalue weighted by Gasteiger charge is -2.32. The molecule has 0 N–H and O–H groups in total. The first kappa shape index (κ1) is 33.5. The molecular weight excluding hydrogens is 664 g/mol. The number of anilines is 1. The summed E-state index contributed by atoms with van der Waals surface area (Å²) in [4.78, 5) is 30.4. The Labute approximate surface area is 286 Å². The summed E-state index contributed by atoms with van der Waals surface area (Å²) in [6.07, 6.45) is 1.36. The monoisotopic (exact) mass is 700 g/mol. The number of halogens is 5. The third kappa shape index (κ3) is 6.09. The summed E-state index contributed by atoms with van der Waals surface area (Å²) in [7, 11) is 1.40. The first-order valence-electron chi connectivity index (χ1n) is 16.3. The molecule has 9 nitrogen and oxygen atoms in total. The lowest BCUT2D eigenvalue weighted by atomic mass is 9.95. The van der Waals surface area contributed by atoms with Crippen LogP contribution in [0, 0.1) is 5.82 Å². The molecule has 1 unspecified atom stereocenters. The highest BCUT2D eigenvalue weighted by molar-refractivity contribution is 6.36. The highest BCUT2D eigenvalue weighted by Crippen LogP contribution is 2.42. The van der Waals surface area contributed by atoms with Crippen LogP contribution in [-0.2, 0) is 4.74 Å². The fourth-order valence-electron chi connectivity index (χ4n) is 7.47. The van der Waals surface area contributed by atoms with Gasteiger partial charge < -0.3 is 14.4 Å². The van der Waals surface area contributed by atoms with Crippen LogP contribution in [-0.4, -0.2) is 100.0 Å². The quantitative estimate of drug-likeness (QED) is 0.194. The minimum atomic E-state index is -3.38. The number of benzene rings is 2. The molecule has 2 aromatic carbocycles. The lowest BCUT2D eigenvalue weighted by molar-refractivity contribution is -0.0102. The van der Waals surface area contributed by atoms with Crippen LogP contribution in [0.15, 0.2) is 42.6 Å². The number of fused-ring (bicyclic) bond motifs is 3. The van der Waals surface area contributed by atoms with Crippen LogP contribution < -0.4 is 9.64 Å². The van der Waals surface area contributed by atoms with Crippen LogP contribution in [0.4, 0.5) is 28.2 Å². The average molecular weight is 701 g/mol. The Balaban J connectivity index is 1.32. The van der Waals surface area contributed by atoms with E-state index in [9.17, 15) is 9.18 Å². The second-order valence-electron chi connectivity index (χ2n) is 14.3. The van der Waals surface area contributed by atoms with Gasteiger partial charge in [0.15, 0.2) is 5.82 Å². The number of hydrogen-bond donors (Lipinski definition) is 0. The minimum Gasteiger partial charge on any atom is -0.461 e. The highest BCUT2D eigenvalue weighted by Gasteiger charge is 2.53. The van der Waals surface area contributed by atoms with Gasteiger partial charge in [0.05, 0.1) is 24.0 Å². The van der Waals surface area contributed by atoms with Gasteiger partial charge in [0.25, 0.3) is 5.92 Å². The number of hydrogen-bond acceptors (Lipinski definition) is 8. The Bertz CT molecular complexity index is 1940. The maximum Gasteiger partial charge on any atom is 0.410 e. The molecule has 0 bridgehead atoms. The first-order chi connectivity index (χ1) is 23.2. The summed E-state index contributed by atoms with van der Waals surface area (Å²) in [6.45, 7) is 4.81. The molecule has 4 aromatic rings. The van der Waals surface area contributed by atoms with E-state index in [1.807, 2.05) is 12.1 Å². The van der Waals surface area contributed by atoms with Gasteiger partial charge >= 0.3 is 12.1 Å². The molecule has 0 aliphatic carbocycles. The van der Waals surface area contributed by atoms with Gasteiger partial charge in [0.1, 0.15) is 41.4 Å². The van der Waals surface area contributed by atoms with Crippen molar-refractivity contribution in [1.82, 2.24) is 24.8 Å². The fraction of sp³-hybridized carbons (Fsp3) is 0.486. The second-order valence-corrected chi connectivity index (χ2v) is 14.7. The van der Waals surface area contributed by atoms with Crippen LogP contribution in [0.25, 0.3) is 32.9 Å². The third-order valence-corrected chi connectivity index (χ3v) is 10.0. The molecule has 3 atom stereocenters. The summed E-state index contributed by atoms with van der Waals surface area (Å²) in [6, 6.07) is 8.87. The Hall–Kier alpha value is -3.97. The SMILES string of the molecule is CN(c1nc(OC[C@@]23CCCN2C[C@H](F)C3)nc2c(F)c(-c3cccc4cccc(Cl)c34)ncc12)C1CN(C(=O)OC(C)(C)C)CC1(F)F. The topological polar surface area (TPSA) is 83.9 Å². The maximum atomic E-state index is 16.8. The largest absolute Gasteiger partial charge is 0.461 e. The van der Waals surface area contributed by atoms with Gasteiger partial charge in [0.2, 0.25) is 0 Å². The van der Waals surface area contributed by atoms with Gasteiger partial charge in [-0.1, -0.05) is 41.9 Å². The molecule has 7 rings (SSSR count). The normalized spacial score (nSPS) is 23.7. The Morgan fingerprint density at radius 1 is 1.14 bits per heavy atom. The Morgan fingerprint density at radius 2 is 1.90 bits per heavy atom. The van der Waals surface area contributed by atoms with Crippen LogP contribution >= 0.6 is 11.6 Å². The summed E-state index contributed by atoms with van der Waals surface area (Å²) < 4.78 is 74.1. The Morgan fingerprint density at radius 3 is 2.65 bits per heavy atom. The third-order valence-electron chi connectivity index (χ3n) is 9.72. The number of pyridine rings is 1. The first-order valence-corrected chi connectivity index (χ1v) is 16.7. The Kier molecular flexibility index (Phi) is 8.29. The molecule has 260 valence electrons. The zero-order valence-corrected chi connectivity index (χ0v) is 28.4. The summed E-state index contributed by atoms with van der Waals surface area (Å²) in [5.74, 6) is -4.25. The van der Waals surface area contributed by atoms with E-state index >= 15 is 13.2 Å². The molecule has 3 fully saturated rings. The van der Waals surface area contributed by atoms with Gasteiger partial charge in [-0.2, -0.15) is 9.97 Å². The van der Waals surface area contributed by atoms with E-state index in [1.165, 1.54) is 18.1 Å². The van der Waals surface area contributed by atoms with Gasteiger partial charge in [-0.25, -0.2) is 22.4 Å². The van der Waals surface area contributed by atoms with Crippen LogP contribution in [0.3, 0.4) is 0 Å². The van der Waals surface area contributed by atoms with Crippen molar-refractivity contribution >= 4 is 45.2 Å². The molecule has 14 heteroatoms. The number of aromatic nitrogens is 3. The summed E-state index contributed by atoms with van der Waals surface area (Å²) in [5, 5.41) is 1.84. The van der Waals surface area contributed by atoms with Crippen molar-refractivity contribution in [3.05, 3.63) is 53.4 Å². The smallest absolute Gasteiger partial charge is 0.410 e.